The van der Waals surface area contributed by atoms with Crippen LogP contribution in [-0.2, 0) is 13.0 Å². The summed E-state index contributed by atoms with van der Waals surface area (Å²) in [7, 11) is 0. The first-order valence-electron chi connectivity index (χ1n) is 9.47. The van der Waals surface area contributed by atoms with Gasteiger partial charge in [-0.05, 0) is 36.2 Å². The van der Waals surface area contributed by atoms with Crippen molar-refractivity contribution in [3.8, 4) is 0 Å². The summed E-state index contributed by atoms with van der Waals surface area (Å²) in [6.45, 7) is 0.875. The van der Waals surface area contributed by atoms with E-state index in [1.807, 2.05) is 24.4 Å². The third-order valence-electron chi connectivity index (χ3n) is 4.79. The minimum absolute atomic E-state index is 0.217. The zero-order valence-electron chi connectivity index (χ0n) is 15.8. The molecule has 0 saturated carbocycles. The highest BCUT2D eigenvalue weighted by molar-refractivity contribution is 5.92. The molecule has 1 amide bonds. The van der Waals surface area contributed by atoms with Gasteiger partial charge < -0.3 is 15.6 Å². The molecule has 0 aliphatic carbocycles. The summed E-state index contributed by atoms with van der Waals surface area (Å²) in [5.41, 5.74) is 3.91. The predicted octanol–water partition coefficient (Wildman–Crippen LogP) is 4.29. The second-order valence-electron chi connectivity index (χ2n) is 6.74. The van der Waals surface area contributed by atoms with Crippen molar-refractivity contribution in [2.75, 3.05) is 11.9 Å². The lowest BCUT2D eigenvalue weighted by atomic mass is 10.1. The number of hydrogen-bond acceptors (Lipinski definition) is 3. The molecular weight excluding hydrogens is 367 g/mol. The molecule has 0 spiro atoms. The lowest BCUT2D eigenvalue weighted by molar-refractivity contribution is 0.0949. The van der Waals surface area contributed by atoms with E-state index in [-0.39, 0.29) is 11.7 Å². The molecule has 2 aromatic heterocycles. The third-order valence-corrected chi connectivity index (χ3v) is 4.79. The van der Waals surface area contributed by atoms with E-state index in [1.165, 1.54) is 17.0 Å². The highest BCUT2D eigenvalue weighted by Gasteiger charge is 2.08. The minimum Gasteiger partial charge on any atom is -0.380 e. The Balaban J connectivity index is 1.29. The van der Waals surface area contributed by atoms with Crippen LogP contribution in [0.4, 0.5) is 10.1 Å². The number of aromatic amines is 1. The van der Waals surface area contributed by atoms with Gasteiger partial charge in [0.15, 0.2) is 0 Å². The number of carbonyl (C=O) groups is 1. The number of benzene rings is 2. The molecule has 3 N–H and O–H groups in total. The zero-order chi connectivity index (χ0) is 20.1. The maximum absolute atomic E-state index is 13.7. The fraction of sp³-hybridized carbons (Fsp3) is 0.130. The third kappa shape index (κ3) is 4.43. The van der Waals surface area contributed by atoms with E-state index in [4.69, 9.17) is 0 Å². The van der Waals surface area contributed by atoms with Crippen LogP contribution >= 0.6 is 0 Å². The molecule has 29 heavy (non-hydrogen) atoms. The minimum atomic E-state index is -0.251. The Kier molecular flexibility index (Phi) is 5.52. The predicted molar refractivity (Wildman–Crippen MR) is 112 cm³/mol. The molecule has 0 aliphatic heterocycles. The van der Waals surface area contributed by atoms with Gasteiger partial charge in [0.2, 0.25) is 0 Å². The maximum Gasteiger partial charge on any atom is 0.269 e. The number of pyridine rings is 1. The first-order chi connectivity index (χ1) is 14.2. The van der Waals surface area contributed by atoms with Gasteiger partial charge >= 0.3 is 0 Å². The van der Waals surface area contributed by atoms with Crippen molar-refractivity contribution < 1.29 is 9.18 Å². The van der Waals surface area contributed by atoms with Crippen molar-refractivity contribution in [3.05, 3.63) is 95.7 Å². The van der Waals surface area contributed by atoms with Crippen molar-refractivity contribution in [1.29, 1.82) is 0 Å². The van der Waals surface area contributed by atoms with Crippen LogP contribution in [0.15, 0.2) is 73.1 Å². The fourth-order valence-electron chi connectivity index (χ4n) is 3.21. The van der Waals surface area contributed by atoms with E-state index in [9.17, 15) is 9.18 Å². The van der Waals surface area contributed by atoms with Gasteiger partial charge in [0.1, 0.15) is 11.5 Å². The van der Waals surface area contributed by atoms with E-state index in [0.717, 1.165) is 17.6 Å². The van der Waals surface area contributed by atoms with Crippen molar-refractivity contribution in [1.82, 2.24) is 15.3 Å². The van der Waals surface area contributed by atoms with Crippen LogP contribution in [0.2, 0.25) is 0 Å². The summed E-state index contributed by atoms with van der Waals surface area (Å²) in [5, 5.41) is 7.18. The summed E-state index contributed by atoms with van der Waals surface area (Å²) in [4.78, 5) is 19.8. The molecule has 6 heteroatoms. The van der Waals surface area contributed by atoms with Gasteiger partial charge in [0, 0.05) is 35.8 Å². The molecule has 2 heterocycles. The molecular formula is C23H21FN4O. The summed E-state index contributed by atoms with van der Waals surface area (Å²) in [6, 6.07) is 18.1. The molecule has 5 nitrogen and oxygen atoms in total. The molecule has 0 saturated heterocycles. The summed E-state index contributed by atoms with van der Waals surface area (Å²) in [6.07, 6.45) is 4.29. The monoisotopic (exact) mass is 388 g/mol. The number of fused-ring (bicyclic) bond motifs is 1. The van der Waals surface area contributed by atoms with E-state index in [1.54, 1.807) is 36.5 Å². The Bertz CT molecular complexity index is 1120. The number of aromatic nitrogens is 2. The molecule has 0 radical (unpaired) electrons. The molecule has 0 atom stereocenters. The van der Waals surface area contributed by atoms with E-state index >= 15 is 0 Å². The van der Waals surface area contributed by atoms with Gasteiger partial charge in [0.25, 0.3) is 5.91 Å². The van der Waals surface area contributed by atoms with Crippen LogP contribution < -0.4 is 10.6 Å². The Labute approximate surface area is 168 Å². The Morgan fingerprint density at radius 1 is 1.00 bits per heavy atom. The highest BCUT2D eigenvalue weighted by Crippen LogP contribution is 2.17. The number of hydrogen-bond donors (Lipinski definition) is 3. The molecule has 0 bridgehead atoms. The lowest BCUT2D eigenvalue weighted by Gasteiger charge is -2.08. The lowest BCUT2D eigenvalue weighted by Crippen LogP contribution is -2.26. The number of nitrogens with one attached hydrogen (secondary N) is 3. The summed E-state index contributed by atoms with van der Waals surface area (Å²) >= 11 is 0. The highest BCUT2D eigenvalue weighted by atomic mass is 19.1. The van der Waals surface area contributed by atoms with Crippen molar-refractivity contribution in [2.24, 2.45) is 0 Å². The number of rotatable bonds is 7. The van der Waals surface area contributed by atoms with Gasteiger partial charge in [-0.3, -0.25) is 4.79 Å². The smallest absolute Gasteiger partial charge is 0.269 e. The van der Waals surface area contributed by atoms with Crippen LogP contribution in [0.5, 0.6) is 0 Å². The first kappa shape index (κ1) is 18.7. The quantitative estimate of drug-likeness (QED) is 0.442. The number of carbonyl (C=O) groups excluding carboxylic acids is 1. The molecule has 4 rings (SSSR count). The van der Waals surface area contributed by atoms with Crippen LogP contribution in [0, 0.1) is 5.82 Å². The molecule has 4 aromatic rings. The Morgan fingerprint density at radius 2 is 1.83 bits per heavy atom. The van der Waals surface area contributed by atoms with Crippen LogP contribution in [0.3, 0.4) is 0 Å². The van der Waals surface area contributed by atoms with Crippen molar-refractivity contribution in [3.63, 3.8) is 0 Å². The molecule has 0 fully saturated rings. The van der Waals surface area contributed by atoms with E-state index < -0.39 is 0 Å². The number of nitrogens with zero attached hydrogens (tertiary/aromatic N) is 1. The Hall–Kier alpha value is -3.67. The molecule has 2 aromatic carbocycles. The second-order valence-corrected chi connectivity index (χ2v) is 6.74. The summed E-state index contributed by atoms with van der Waals surface area (Å²) < 4.78 is 13.7. The molecule has 0 aliphatic rings. The van der Waals surface area contributed by atoms with Gasteiger partial charge in [0.05, 0.1) is 11.9 Å². The SMILES string of the molecule is O=C(NCCc1c[nH]c2ccccc12)c1ccc(NCc2ccccc2F)cn1. The van der Waals surface area contributed by atoms with Gasteiger partial charge in [-0.15, -0.1) is 0 Å². The van der Waals surface area contributed by atoms with E-state index in [2.05, 4.69) is 26.7 Å². The van der Waals surface area contributed by atoms with Crippen molar-refractivity contribution in [2.45, 2.75) is 13.0 Å². The number of H-pyrrole nitrogens is 1. The van der Waals surface area contributed by atoms with Crippen LogP contribution in [-0.4, -0.2) is 22.4 Å². The van der Waals surface area contributed by atoms with Crippen LogP contribution in [0.25, 0.3) is 10.9 Å². The number of halogens is 1. The van der Waals surface area contributed by atoms with Gasteiger partial charge in [-0.2, -0.15) is 0 Å². The largest absolute Gasteiger partial charge is 0.380 e. The second kappa shape index (κ2) is 8.56. The number of amides is 1. The van der Waals surface area contributed by atoms with Crippen LogP contribution in [0.1, 0.15) is 21.6 Å². The molecule has 0 unspecified atom stereocenters. The summed E-state index contributed by atoms with van der Waals surface area (Å²) in [5.74, 6) is -0.468. The fourth-order valence-corrected chi connectivity index (χ4v) is 3.21. The standard InChI is InChI=1S/C23H21FN4O/c24-20-7-3-1-5-17(20)14-26-18-9-10-22(28-15-18)23(29)25-12-11-16-13-27-21-8-4-2-6-19(16)21/h1-10,13,15,26-27H,11-12,14H2,(H,25,29). The first-order valence-corrected chi connectivity index (χ1v) is 9.47. The van der Waals surface area contributed by atoms with Gasteiger partial charge in [-0.25, -0.2) is 9.37 Å². The molecule has 146 valence electrons. The number of para-hydroxylation sites is 1. The average Bonchev–Trinajstić information content (AvgIpc) is 3.17. The zero-order valence-corrected chi connectivity index (χ0v) is 15.8. The van der Waals surface area contributed by atoms with Crippen molar-refractivity contribution >= 4 is 22.5 Å². The van der Waals surface area contributed by atoms with Gasteiger partial charge in [-0.1, -0.05) is 36.4 Å². The average molecular weight is 388 g/mol. The number of anilines is 1. The van der Waals surface area contributed by atoms with E-state index in [0.29, 0.717) is 24.3 Å². The Morgan fingerprint density at radius 3 is 2.66 bits per heavy atom. The normalized spacial score (nSPS) is 10.8. The topological polar surface area (TPSA) is 69.8 Å². The maximum atomic E-state index is 13.7.